The molecule has 0 fully saturated rings. The number of hydrogen-bond acceptors (Lipinski definition) is 16. The second-order valence-corrected chi connectivity index (χ2v) is 26.0. The third-order valence-electron chi connectivity index (χ3n) is 13.7. The number of aromatic nitrogens is 6. The lowest BCUT2D eigenvalue weighted by molar-refractivity contribution is -0.113. The van der Waals surface area contributed by atoms with Gasteiger partial charge >= 0.3 is 0 Å². The number of fused-ring (bicyclic) bond motifs is 8. The molecule has 4 heterocycles. The van der Waals surface area contributed by atoms with Crippen molar-refractivity contribution in [3.05, 3.63) is 164 Å². The van der Waals surface area contributed by atoms with E-state index in [4.69, 9.17) is 18.3 Å². The highest BCUT2D eigenvalue weighted by molar-refractivity contribution is 8.13. The molecule has 0 unspecified atom stereocenters. The van der Waals surface area contributed by atoms with Crippen molar-refractivity contribution < 1.29 is 38.1 Å². The SMILES string of the molecule is CC(C)(C)c1cc2c(O)c(c1)Cc1cc(C(C)(C)C)cc(c1OCC(=O)Sc1nnc(-c3ccncc3)o1)Cc1cc(C(C)(C)C)cc(c1O)Cc1cc(C(C)(C)C)cc(c1OCC(=O)Sc1nnc(-c3ccncc3)o1)C2. The van der Waals surface area contributed by atoms with Crippen molar-refractivity contribution in [2.75, 3.05) is 13.2 Å². The minimum absolute atomic E-state index is 0.0754. The fourth-order valence-corrected chi connectivity index (χ4v) is 10.3. The molecule has 2 N–H and O–H groups in total. The third kappa shape index (κ3) is 12.8. The van der Waals surface area contributed by atoms with E-state index in [9.17, 15) is 19.8 Å². The van der Waals surface area contributed by atoms with Crippen LogP contribution in [-0.4, -0.2) is 64.0 Å². The normalized spacial score (nSPS) is 13.1. The van der Waals surface area contributed by atoms with Crippen LogP contribution in [0.25, 0.3) is 22.9 Å². The van der Waals surface area contributed by atoms with Crippen molar-refractivity contribution in [3.63, 3.8) is 0 Å². The molecule has 78 heavy (non-hydrogen) atoms. The molecule has 0 amide bonds. The van der Waals surface area contributed by atoms with Crippen LogP contribution >= 0.6 is 23.5 Å². The number of rotatable bonds is 10. The Morgan fingerprint density at radius 2 is 0.718 bits per heavy atom. The van der Waals surface area contributed by atoms with Crippen molar-refractivity contribution >= 4 is 33.8 Å². The molecule has 4 aromatic heterocycles. The van der Waals surface area contributed by atoms with Gasteiger partial charge in [0.25, 0.3) is 10.4 Å². The standard InChI is InChI=1S/C62H66N6O8S2/c1-59(2,3)45-25-37-21-41-29-47(61(7,8)9)31-43(53(41)73-33-49(69)77-57-67-65-55(75-57)35-13-17-63-18-14-35)23-39-27-46(60(4,5)6)28-40(52(39)72)24-44-32-48(62(10,11)12)30-42(22-38(26-45)51(37)71)54(44)74-34-50(70)78-58-68-66-56(76-58)36-15-19-64-20-16-36/h13-20,25-32,71-72H,21-24,33-34H2,1-12H3. The number of thioether (sulfide) groups is 2. The fraction of sp³-hybridized carbons (Fsp3) is 0.355. The highest BCUT2D eigenvalue weighted by Gasteiger charge is 2.30. The number of aromatic hydroxyl groups is 2. The molecule has 1 aliphatic rings. The van der Waals surface area contributed by atoms with E-state index in [1.807, 2.05) is 0 Å². The summed E-state index contributed by atoms with van der Waals surface area (Å²) in [6, 6.07) is 23.6. The van der Waals surface area contributed by atoms with Crippen LogP contribution in [0.4, 0.5) is 0 Å². The Kier molecular flexibility index (Phi) is 15.5. The topological polar surface area (TPSA) is 197 Å². The smallest absolute Gasteiger partial charge is 0.284 e. The molecule has 9 rings (SSSR count). The van der Waals surface area contributed by atoms with Gasteiger partial charge in [-0.25, -0.2) is 0 Å². The molecule has 0 saturated heterocycles. The van der Waals surface area contributed by atoms with E-state index < -0.39 is 0 Å². The summed E-state index contributed by atoms with van der Waals surface area (Å²) in [6.07, 6.45) is 7.42. The number of benzene rings is 4. The summed E-state index contributed by atoms with van der Waals surface area (Å²) in [5.41, 5.74) is 9.68. The molecular weight excluding hydrogens is 1020 g/mol. The molecule has 16 heteroatoms. The summed E-state index contributed by atoms with van der Waals surface area (Å²) in [6.45, 7) is 25.1. The van der Waals surface area contributed by atoms with Gasteiger partial charge in [0.2, 0.25) is 22.0 Å². The first-order valence-corrected chi connectivity index (χ1v) is 27.6. The maximum atomic E-state index is 13.9. The third-order valence-corrected chi connectivity index (χ3v) is 15.1. The van der Waals surface area contributed by atoms with E-state index in [1.54, 1.807) is 49.1 Å². The zero-order valence-corrected chi connectivity index (χ0v) is 48.0. The molecule has 4 aromatic carbocycles. The first-order valence-electron chi connectivity index (χ1n) is 25.9. The largest absolute Gasteiger partial charge is 0.507 e. The van der Waals surface area contributed by atoms with Crippen LogP contribution in [0.2, 0.25) is 0 Å². The molecule has 14 nitrogen and oxygen atoms in total. The average molecular weight is 1090 g/mol. The predicted molar refractivity (Wildman–Crippen MR) is 303 cm³/mol. The zero-order valence-electron chi connectivity index (χ0n) is 46.3. The molecule has 1 aliphatic carbocycles. The summed E-state index contributed by atoms with van der Waals surface area (Å²) >= 11 is 1.60. The van der Waals surface area contributed by atoms with Gasteiger partial charge in [0.15, 0.2) is 13.2 Å². The average Bonchev–Trinajstić information content (AvgIpc) is 4.04. The Morgan fingerprint density at radius 1 is 0.449 bits per heavy atom. The highest BCUT2D eigenvalue weighted by atomic mass is 32.2. The monoisotopic (exact) mass is 1090 g/mol. The Morgan fingerprint density at radius 3 is 0.987 bits per heavy atom. The number of carbonyl (C=O) groups excluding carboxylic acids is 2. The number of pyridine rings is 2. The van der Waals surface area contributed by atoms with Gasteiger partial charge in [-0.1, -0.05) is 132 Å². The summed E-state index contributed by atoms with van der Waals surface area (Å²) in [5.74, 6) is 1.69. The van der Waals surface area contributed by atoms with Crippen molar-refractivity contribution in [1.29, 1.82) is 0 Å². The van der Waals surface area contributed by atoms with Crippen LogP contribution in [0.5, 0.6) is 23.0 Å². The predicted octanol–water partition coefficient (Wildman–Crippen LogP) is 13.2. The Balaban J connectivity index is 1.19. The maximum absolute atomic E-state index is 13.9. The summed E-state index contributed by atoms with van der Waals surface area (Å²) in [4.78, 5) is 35.9. The van der Waals surface area contributed by atoms with Gasteiger partial charge < -0.3 is 28.5 Å². The van der Waals surface area contributed by atoms with E-state index in [0.717, 1.165) is 68.0 Å². The number of phenolic OH excluding ortho intramolecular Hbond substituents is 2. The number of carbonyl (C=O) groups is 2. The van der Waals surface area contributed by atoms with Crippen LogP contribution in [0.15, 0.2) is 117 Å². The molecule has 0 aliphatic heterocycles. The molecule has 0 spiro atoms. The molecule has 404 valence electrons. The van der Waals surface area contributed by atoms with Gasteiger partial charge in [-0.05, 0) is 113 Å². The highest BCUT2D eigenvalue weighted by Crippen LogP contribution is 2.44. The first kappa shape index (κ1) is 55.5. The second-order valence-electron chi connectivity index (χ2n) is 24.0. The van der Waals surface area contributed by atoms with Gasteiger partial charge in [0.05, 0.1) is 0 Å². The molecule has 0 atom stereocenters. The van der Waals surface area contributed by atoms with E-state index in [0.29, 0.717) is 44.9 Å². The summed E-state index contributed by atoms with van der Waals surface area (Å²) in [5, 5.41) is 41.5. The van der Waals surface area contributed by atoms with Gasteiger partial charge in [0, 0.05) is 85.1 Å². The molecule has 8 bridgehead atoms. The van der Waals surface area contributed by atoms with Crippen molar-refractivity contribution in [2.24, 2.45) is 0 Å². The number of hydrogen-bond donors (Lipinski definition) is 2. The number of phenols is 2. The lowest BCUT2D eigenvalue weighted by Crippen LogP contribution is -2.18. The molecule has 0 saturated carbocycles. The fourth-order valence-electron chi connectivity index (χ4n) is 9.26. The Bertz CT molecular complexity index is 3200. The minimum Gasteiger partial charge on any atom is -0.507 e. The Labute approximate surface area is 464 Å². The van der Waals surface area contributed by atoms with Crippen molar-refractivity contribution in [3.8, 4) is 45.9 Å². The number of nitrogens with zero attached hydrogens (tertiary/aromatic N) is 6. The van der Waals surface area contributed by atoms with Crippen LogP contribution < -0.4 is 9.47 Å². The van der Waals surface area contributed by atoms with Crippen LogP contribution in [0, 0.1) is 0 Å². The van der Waals surface area contributed by atoms with Crippen molar-refractivity contribution in [1.82, 2.24) is 30.4 Å². The minimum atomic E-state index is -0.363. The Hall–Kier alpha value is -7.30. The van der Waals surface area contributed by atoms with E-state index in [-0.39, 0.29) is 105 Å². The van der Waals surface area contributed by atoms with E-state index >= 15 is 0 Å². The maximum Gasteiger partial charge on any atom is 0.284 e. The van der Waals surface area contributed by atoms with E-state index in [1.165, 1.54) is 0 Å². The van der Waals surface area contributed by atoms with Crippen LogP contribution in [0.3, 0.4) is 0 Å². The summed E-state index contributed by atoms with van der Waals surface area (Å²) in [7, 11) is 0. The van der Waals surface area contributed by atoms with Gasteiger partial charge in [-0.3, -0.25) is 19.6 Å². The van der Waals surface area contributed by atoms with E-state index in [2.05, 4.69) is 162 Å². The molecular formula is C62H66N6O8S2. The quantitative estimate of drug-likeness (QED) is 0.123. The van der Waals surface area contributed by atoms with Crippen LogP contribution in [0.1, 0.15) is 150 Å². The molecule has 0 radical (unpaired) electrons. The first-order chi connectivity index (χ1) is 36.8. The van der Waals surface area contributed by atoms with Gasteiger partial charge in [-0.2, -0.15) is 0 Å². The second kappa shape index (κ2) is 21.9. The van der Waals surface area contributed by atoms with Gasteiger partial charge in [-0.15, -0.1) is 20.4 Å². The van der Waals surface area contributed by atoms with Crippen LogP contribution in [-0.2, 0) is 56.9 Å². The zero-order chi connectivity index (χ0) is 55.9. The van der Waals surface area contributed by atoms with Gasteiger partial charge in [0.1, 0.15) is 23.0 Å². The van der Waals surface area contributed by atoms with Crippen molar-refractivity contribution in [2.45, 2.75) is 141 Å². The number of ether oxygens (including phenoxy) is 2. The lowest BCUT2D eigenvalue weighted by atomic mass is 9.79. The summed E-state index contributed by atoms with van der Waals surface area (Å²) < 4.78 is 25.2. The molecule has 8 aromatic rings. The lowest BCUT2D eigenvalue weighted by Gasteiger charge is -2.28.